The van der Waals surface area contributed by atoms with Crippen LogP contribution in [-0.2, 0) is 6.42 Å². The molecule has 1 aliphatic heterocycles. The lowest BCUT2D eigenvalue weighted by molar-refractivity contribution is 0.283. The van der Waals surface area contributed by atoms with Gasteiger partial charge in [-0.25, -0.2) is 0 Å². The second kappa shape index (κ2) is 6.19. The summed E-state index contributed by atoms with van der Waals surface area (Å²) in [6, 6.07) is 14.7. The number of ether oxygens (including phenoxy) is 2. The standard InChI is InChI=1S/C18H21NO2/c1-19-17(14-7-3-9-15(12-14)20-2)16-10-4-6-13-8-5-11-21-18(13)16/h3-4,6-7,9-10,12,17,19H,5,8,11H2,1-2H3. The van der Waals surface area contributed by atoms with Gasteiger partial charge in [0.05, 0.1) is 19.8 Å². The lowest BCUT2D eigenvalue weighted by atomic mass is 9.93. The molecule has 0 aliphatic carbocycles. The molecule has 21 heavy (non-hydrogen) atoms. The van der Waals surface area contributed by atoms with Crippen molar-refractivity contribution in [1.29, 1.82) is 0 Å². The molecule has 0 amide bonds. The Hall–Kier alpha value is -2.00. The van der Waals surface area contributed by atoms with E-state index in [0.717, 1.165) is 30.9 Å². The first-order valence-corrected chi connectivity index (χ1v) is 7.39. The van der Waals surface area contributed by atoms with E-state index in [1.807, 2.05) is 19.2 Å². The Labute approximate surface area is 125 Å². The highest BCUT2D eigenvalue weighted by atomic mass is 16.5. The molecular weight excluding hydrogens is 262 g/mol. The van der Waals surface area contributed by atoms with Crippen molar-refractivity contribution in [2.24, 2.45) is 0 Å². The van der Waals surface area contributed by atoms with E-state index in [-0.39, 0.29) is 6.04 Å². The van der Waals surface area contributed by atoms with Gasteiger partial charge in [-0.05, 0) is 43.1 Å². The Kier molecular flexibility index (Phi) is 4.11. The molecule has 1 aliphatic rings. The van der Waals surface area contributed by atoms with Crippen molar-refractivity contribution in [2.75, 3.05) is 20.8 Å². The van der Waals surface area contributed by atoms with Crippen molar-refractivity contribution in [3.63, 3.8) is 0 Å². The van der Waals surface area contributed by atoms with E-state index >= 15 is 0 Å². The Morgan fingerprint density at radius 1 is 1.19 bits per heavy atom. The van der Waals surface area contributed by atoms with Crippen LogP contribution >= 0.6 is 0 Å². The molecule has 0 bridgehead atoms. The third-order valence-corrected chi connectivity index (χ3v) is 3.99. The molecule has 0 fully saturated rings. The second-order valence-corrected chi connectivity index (χ2v) is 5.29. The first-order valence-electron chi connectivity index (χ1n) is 7.39. The fourth-order valence-electron chi connectivity index (χ4n) is 2.96. The van der Waals surface area contributed by atoms with Crippen LogP contribution in [0.15, 0.2) is 42.5 Å². The summed E-state index contributed by atoms with van der Waals surface area (Å²) in [6.07, 6.45) is 2.19. The average molecular weight is 283 g/mol. The lowest BCUT2D eigenvalue weighted by Crippen LogP contribution is -2.20. The van der Waals surface area contributed by atoms with E-state index in [4.69, 9.17) is 9.47 Å². The Bertz CT molecular complexity index is 624. The molecule has 3 nitrogen and oxygen atoms in total. The van der Waals surface area contributed by atoms with Gasteiger partial charge in [-0.2, -0.15) is 0 Å². The average Bonchev–Trinajstić information content (AvgIpc) is 2.56. The molecule has 0 spiro atoms. The third kappa shape index (κ3) is 2.74. The van der Waals surface area contributed by atoms with Crippen molar-refractivity contribution in [1.82, 2.24) is 5.32 Å². The van der Waals surface area contributed by atoms with Crippen LogP contribution in [0, 0.1) is 0 Å². The minimum atomic E-state index is 0.105. The summed E-state index contributed by atoms with van der Waals surface area (Å²) in [7, 11) is 3.67. The van der Waals surface area contributed by atoms with E-state index in [1.54, 1.807) is 7.11 Å². The van der Waals surface area contributed by atoms with Crippen LogP contribution in [0.3, 0.4) is 0 Å². The molecule has 3 heteroatoms. The van der Waals surface area contributed by atoms with Crippen LogP contribution in [0.1, 0.15) is 29.2 Å². The quantitative estimate of drug-likeness (QED) is 0.933. The van der Waals surface area contributed by atoms with Gasteiger partial charge >= 0.3 is 0 Å². The molecule has 0 aromatic heterocycles. The molecule has 1 N–H and O–H groups in total. The molecule has 1 atom stereocenters. The van der Waals surface area contributed by atoms with Crippen molar-refractivity contribution in [3.05, 3.63) is 59.2 Å². The Balaban J connectivity index is 2.03. The predicted molar refractivity (Wildman–Crippen MR) is 84.2 cm³/mol. The maximum absolute atomic E-state index is 5.94. The topological polar surface area (TPSA) is 30.5 Å². The van der Waals surface area contributed by atoms with Crippen LogP contribution in [0.25, 0.3) is 0 Å². The summed E-state index contributed by atoms with van der Waals surface area (Å²) in [4.78, 5) is 0. The van der Waals surface area contributed by atoms with E-state index in [2.05, 4.69) is 35.6 Å². The van der Waals surface area contributed by atoms with Crippen LogP contribution in [0.2, 0.25) is 0 Å². The molecule has 0 radical (unpaired) electrons. The van der Waals surface area contributed by atoms with E-state index in [9.17, 15) is 0 Å². The van der Waals surface area contributed by atoms with Crippen molar-refractivity contribution in [2.45, 2.75) is 18.9 Å². The number of aryl methyl sites for hydroxylation is 1. The highest BCUT2D eigenvalue weighted by Crippen LogP contribution is 2.36. The van der Waals surface area contributed by atoms with Gasteiger partial charge in [0, 0.05) is 5.56 Å². The van der Waals surface area contributed by atoms with Gasteiger partial charge in [0.1, 0.15) is 11.5 Å². The smallest absolute Gasteiger partial charge is 0.127 e. The molecule has 0 saturated carbocycles. The summed E-state index contributed by atoms with van der Waals surface area (Å²) in [5.41, 5.74) is 3.68. The summed E-state index contributed by atoms with van der Waals surface area (Å²) in [5, 5.41) is 3.40. The predicted octanol–water partition coefficient (Wildman–Crippen LogP) is 3.33. The third-order valence-electron chi connectivity index (χ3n) is 3.99. The fourth-order valence-corrected chi connectivity index (χ4v) is 2.96. The van der Waals surface area contributed by atoms with Gasteiger partial charge in [0.25, 0.3) is 0 Å². The van der Waals surface area contributed by atoms with E-state index in [0.29, 0.717) is 0 Å². The SMILES string of the molecule is CNC(c1cccc(OC)c1)c1cccc2c1OCCC2. The zero-order valence-corrected chi connectivity index (χ0v) is 12.6. The molecule has 0 saturated heterocycles. The lowest BCUT2D eigenvalue weighted by Gasteiger charge is -2.25. The van der Waals surface area contributed by atoms with Crippen LogP contribution < -0.4 is 14.8 Å². The highest BCUT2D eigenvalue weighted by molar-refractivity contribution is 5.48. The maximum Gasteiger partial charge on any atom is 0.127 e. The maximum atomic E-state index is 5.94. The van der Waals surface area contributed by atoms with Gasteiger partial charge in [0.15, 0.2) is 0 Å². The number of methoxy groups -OCH3 is 1. The van der Waals surface area contributed by atoms with Crippen LogP contribution in [-0.4, -0.2) is 20.8 Å². The second-order valence-electron chi connectivity index (χ2n) is 5.29. The molecule has 110 valence electrons. The van der Waals surface area contributed by atoms with Crippen LogP contribution in [0.4, 0.5) is 0 Å². The molecule has 1 unspecified atom stereocenters. The number of para-hydroxylation sites is 1. The highest BCUT2D eigenvalue weighted by Gasteiger charge is 2.21. The fraction of sp³-hybridized carbons (Fsp3) is 0.333. The number of rotatable bonds is 4. The zero-order chi connectivity index (χ0) is 14.7. The number of benzene rings is 2. The van der Waals surface area contributed by atoms with Gasteiger partial charge in [0.2, 0.25) is 0 Å². The summed E-state index contributed by atoms with van der Waals surface area (Å²) >= 11 is 0. The Morgan fingerprint density at radius 3 is 2.86 bits per heavy atom. The monoisotopic (exact) mass is 283 g/mol. The summed E-state index contributed by atoms with van der Waals surface area (Å²) in [5.74, 6) is 1.92. The molecule has 2 aromatic carbocycles. The number of hydrogen-bond acceptors (Lipinski definition) is 3. The van der Waals surface area contributed by atoms with Gasteiger partial charge in [-0.15, -0.1) is 0 Å². The summed E-state index contributed by atoms with van der Waals surface area (Å²) in [6.45, 7) is 0.804. The largest absolute Gasteiger partial charge is 0.497 e. The number of fused-ring (bicyclic) bond motifs is 1. The molecule has 1 heterocycles. The van der Waals surface area contributed by atoms with Crippen molar-refractivity contribution in [3.8, 4) is 11.5 Å². The van der Waals surface area contributed by atoms with E-state index in [1.165, 1.54) is 16.7 Å². The summed E-state index contributed by atoms with van der Waals surface area (Å²) < 4.78 is 11.3. The minimum Gasteiger partial charge on any atom is -0.497 e. The minimum absolute atomic E-state index is 0.105. The molecular formula is C18H21NO2. The van der Waals surface area contributed by atoms with Gasteiger partial charge in [-0.3, -0.25) is 0 Å². The van der Waals surface area contributed by atoms with Gasteiger partial charge < -0.3 is 14.8 Å². The molecule has 3 rings (SSSR count). The zero-order valence-electron chi connectivity index (χ0n) is 12.6. The number of nitrogens with one attached hydrogen (secondary N) is 1. The number of hydrogen-bond donors (Lipinski definition) is 1. The van der Waals surface area contributed by atoms with E-state index < -0.39 is 0 Å². The van der Waals surface area contributed by atoms with Crippen molar-refractivity contribution >= 4 is 0 Å². The normalized spacial score (nSPS) is 15.0. The van der Waals surface area contributed by atoms with Gasteiger partial charge in [-0.1, -0.05) is 30.3 Å². The Morgan fingerprint density at radius 2 is 2.05 bits per heavy atom. The molecule has 2 aromatic rings. The first kappa shape index (κ1) is 14.0. The van der Waals surface area contributed by atoms with Crippen molar-refractivity contribution < 1.29 is 9.47 Å². The first-order chi connectivity index (χ1) is 10.3. The van der Waals surface area contributed by atoms with Crippen LogP contribution in [0.5, 0.6) is 11.5 Å².